The number of carbonyl (C=O) groups excluding carboxylic acids is 2. The Morgan fingerprint density at radius 1 is 1.13 bits per heavy atom. The number of aryl methyl sites for hydroxylation is 1. The zero-order valence-corrected chi connectivity index (χ0v) is 13.1. The van der Waals surface area contributed by atoms with Gasteiger partial charge in [0.1, 0.15) is 0 Å². The van der Waals surface area contributed by atoms with E-state index in [9.17, 15) is 22.8 Å². The summed E-state index contributed by atoms with van der Waals surface area (Å²) in [5, 5.41) is 2.38. The van der Waals surface area contributed by atoms with Crippen molar-refractivity contribution in [2.75, 3.05) is 5.32 Å². The van der Waals surface area contributed by atoms with E-state index in [1.807, 2.05) is 13.0 Å². The van der Waals surface area contributed by atoms with Crippen molar-refractivity contribution in [1.82, 2.24) is 0 Å². The number of thiophene rings is 1. The van der Waals surface area contributed by atoms with Crippen LogP contribution in [0.2, 0.25) is 0 Å². The fourth-order valence-electron chi connectivity index (χ4n) is 1.93. The Morgan fingerprint density at radius 2 is 1.87 bits per heavy atom. The lowest BCUT2D eigenvalue weighted by Crippen LogP contribution is -2.14. The predicted molar refractivity (Wildman–Crippen MR) is 82.7 cm³/mol. The molecule has 0 unspecified atom stereocenters. The highest BCUT2D eigenvalue weighted by atomic mass is 32.1. The van der Waals surface area contributed by atoms with E-state index in [0.29, 0.717) is 4.88 Å². The monoisotopic (exact) mass is 341 g/mol. The highest BCUT2D eigenvalue weighted by Crippen LogP contribution is 2.30. The zero-order valence-electron chi connectivity index (χ0n) is 12.2. The van der Waals surface area contributed by atoms with Crippen molar-refractivity contribution in [2.45, 2.75) is 25.9 Å². The molecule has 3 nitrogen and oxygen atoms in total. The summed E-state index contributed by atoms with van der Waals surface area (Å²) >= 11 is 1.35. The fraction of sp³-hybridized carbons (Fsp3) is 0.250. The van der Waals surface area contributed by atoms with Gasteiger partial charge >= 0.3 is 6.18 Å². The van der Waals surface area contributed by atoms with Gasteiger partial charge in [0, 0.05) is 23.4 Å². The van der Waals surface area contributed by atoms with E-state index in [4.69, 9.17) is 0 Å². The second kappa shape index (κ2) is 6.95. The summed E-state index contributed by atoms with van der Waals surface area (Å²) in [6.07, 6.45) is -4.52. The van der Waals surface area contributed by atoms with Crippen molar-refractivity contribution < 1.29 is 22.8 Å². The molecule has 0 fully saturated rings. The van der Waals surface area contributed by atoms with E-state index in [0.717, 1.165) is 17.0 Å². The maximum atomic E-state index is 12.6. The average molecular weight is 341 g/mol. The second-order valence-corrected chi connectivity index (χ2v) is 6.25. The second-order valence-electron chi connectivity index (χ2n) is 4.96. The number of anilines is 1. The summed E-state index contributed by atoms with van der Waals surface area (Å²) in [5.74, 6) is -0.645. The highest BCUT2D eigenvalue weighted by molar-refractivity contribution is 7.14. The molecule has 1 amide bonds. The molecule has 1 heterocycles. The molecule has 2 aromatic rings. The number of hydrogen-bond acceptors (Lipinski definition) is 3. The van der Waals surface area contributed by atoms with E-state index in [1.165, 1.54) is 23.5 Å². The molecular formula is C16H14F3NO2S. The van der Waals surface area contributed by atoms with Crippen LogP contribution in [0.1, 0.15) is 33.0 Å². The summed E-state index contributed by atoms with van der Waals surface area (Å²) in [6.45, 7) is 1.88. The molecule has 122 valence electrons. The van der Waals surface area contributed by atoms with Gasteiger partial charge in [-0.1, -0.05) is 6.07 Å². The van der Waals surface area contributed by atoms with Gasteiger partial charge in [0.15, 0.2) is 5.78 Å². The van der Waals surface area contributed by atoms with Crippen molar-refractivity contribution in [3.63, 3.8) is 0 Å². The van der Waals surface area contributed by atoms with Crippen molar-refractivity contribution in [2.24, 2.45) is 0 Å². The van der Waals surface area contributed by atoms with Gasteiger partial charge in [-0.3, -0.25) is 9.59 Å². The van der Waals surface area contributed by atoms with Crippen LogP contribution in [0.25, 0.3) is 0 Å². The summed E-state index contributed by atoms with van der Waals surface area (Å²) in [7, 11) is 0. The highest BCUT2D eigenvalue weighted by Gasteiger charge is 2.30. The quantitative estimate of drug-likeness (QED) is 0.803. The first-order chi connectivity index (χ1) is 10.8. The number of hydrogen-bond donors (Lipinski definition) is 1. The van der Waals surface area contributed by atoms with Crippen molar-refractivity contribution in [3.8, 4) is 0 Å². The van der Waals surface area contributed by atoms with Gasteiger partial charge in [0.25, 0.3) is 0 Å². The lowest BCUT2D eigenvalue weighted by molar-refractivity contribution is -0.137. The van der Waals surface area contributed by atoms with Crippen molar-refractivity contribution in [1.29, 1.82) is 0 Å². The normalized spacial score (nSPS) is 11.3. The molecular weight excluding hydrogens is 327 g/mol. The van der Waals surface area contributed by atoms with Crippen LogP contribution < -0.4 is 5.32 Å². The molecule has 23 heavy (non-hydrogen) atoms. The number of amides is 1. The third-order valence-electron chi connectivity index (χ3n) is 3.07. The van der Waals surface area contributed by atoms with Gasteiger partial charge in [-0.2, -0.15) is 13.2 Å². The number of rotatable bonds is 5. The molecule has 0 saturated carbocycles. The number of ketones is 1. The standard InChI is InChI=1S/C16H14F3NO2S/c1-10-5-7-14(23-10)13(21)6-8-15(22)20-12-4-2-3-11(9-12)16(17,18)19/h2-5,7,9H,6,8H2,1H3,(H,20,22). The van der Waals surface area contributed by atoms with Crippen LogP contribution in [0.5, 0.6) is 0 Å². The lowest BCUT2D eigenvalue weighted by Gasteiger charge is -2.09. The Kier molecular flexibility index (Phi) is 5.20. The van der Waals surface area contributed by atoms with E-state index in [1.54, 1.807) is 6.07 Å². The molecule has 0 radical (unpaired) electrons. The Morgan fingerprint density at radius 3 is 2.48 bits per heavy atom. The summed E-state index contributed by atoms with van der Waals surface area (Å²) in [4.78, 5) is 25.2. The fourth-order valence-corrected chi connectivity index (χ4v) is 2.77. The molecule has 0 bridgehead atoms. The number of Topliss-reactive ketones (excluding diaryl/α,β-unsaturated/α-hetero) is 1. The Bertz CT molecular complexity index is 722. The molecule has 7 heteroatoms. The number of carbonyl (C=O) groups is 2. The van der Waals surface area contributed by atoms with Gasteiger partial charge in [-0.25, -0.2) is 0 Å². The number of benzene rings is 1. The minimum atomic E-state index is -4.46. The topological polar surface area (TPSA) is 46.2 Å². The molecule has 0 aliphatic carbocycles. The van der Waals surface area contributed by atoms with Crippen molar-refractivity contribution >= 4 is 28.7 Å². The first-order valence-electron chi connectivity index (χ1n) is 6.82. The molecule has 1 aromatic carbocycles. The van der Waals surface area contributed by atoms with Crippen LogP contribution in [0.15, 0.2) is 36.4 Å². The van der Waals surface area contributed by atoms with Gasteiger partial charge in [-0.15, -0.1) is 11.3 Å². The average Bonchev–Trinajstić information content (AvgIpc) is 2.91. The molecule has 2 rings (SSSR count). The van der Waals surface area contributed by atoms with Crippen LogP contribution in [-0.2, 0) is 11.0 Å². The molecule has 1 aromatic heterocycles. The minimum absolute atomic E-state index is 0.0186. The number of alkyl halides is 3. The first-order valence-corrected chi connectivity index (χ1v) is 7.64. The third kappa shape index (κ3) is 4.92. The van der Waals surface area contributed by atoms with E-state index in [2.05, 4.69) is 5.32 Å². The van der Waals surface area contributed by atoms with Gasteiger partial charge in [0.05, 0.1) is 10.4 Å². The van der Waals surface area contributed by atoms with E-state index < -0.39 is 17.6 Å². The van der Waals surface area contributed by atoms with E-state index >= 15 is 0 Å². The minimum Gasteiger partial charge on any atom is -0.326 e. The van der Waals surface area contributed by atoms with Crippen LogP contribution >= 0.6 is 11.3 Å². The molecule has 0 aliphatic rings. The van der Waals surface area contributed by atoms with Gasteiger partial charge in [0.2, 0.25) is 5.91 Å². The number of halogens is 3. The van der Waals surface area contributed by atoms with Gasteiger partial charge in [-0.05, 0) is 37.3 Å². The molecule has 1 N–H and O–H groups in total. The van der Waals surface area contributed by atoms with Crippen LogP contribution in [0, 0.1) is 6.92 Å². The summed E-state index contributed by atoms with van der Waals surface area (Å²) in [6, 6.07) is 7.91. The largest absolute Gasteiger partial charge is 0.416 e. The van der Waals surface area contributed by atoms with Crippen molar-refractivity contribution in [3.05, 3.63) is 51.7 Å². The lowest BCUT2D eigenvalue weighted by atomic mass is 10.1. The van der Waals surface area contributed by atoms with Crippen LogP contribution in [0.4, 0.5) is 18.9 Å². The Labute approximate surface area is 135 Å². The number of nitrogens with one attached hydrogen (secondary N) is 1. The molecule has 0 aliphatic heterocycles. The van der Waals surface area contributed by atoms with E-state index in [-0.39, 0.29) is 24.3 Å². The molecule has 0 spiro atoms. The molecule has 0 atom stereocenters. The third-order valence-corrected chi connectivity index (χ3v) is 4.11. The van der Waals surface area contributed by atoms with Gasteiger partial charge < -0.3 is 5.32 Å². The molecule has 0 saturated heterocycles. The first kappa shape index (κ1) is 17.2. The van der Waals surface area contributed by atoms with Crippen LogP contribution in [0.3, 0.4) is 0 Å². The summed E-state index contributed by atoms with van der Waals surface area (Å²) < 4.78 is 37.8. The SMILES string of the molecule is Cc1ccc(C(=O)CCC(=O)Nc2cccc(C(F)(F)F)c2)s1. The Hall–Kier alpha value is -2.15. The maximum absolute atomic E-state index is 12.6. The predicted octanol–water partition coefficient (Wildman–Crippen LogP) is 4.68. The zero-order chi connectivity index (χ0) is 17.0. The smallest absolute Gasteiger partial charge is 0.326 e. The van der Waals surface area contributed by atoms with Crippen LogP contribution in [-0.4, -0.2) is 11.7 Å². The maximum Gasteiger partial charge on any atom is 0.416 e. The Balaban J connectivity index is 1.91. The summed E-state index contributed by atoms with van der Waals surface area (Å²) in [5.41, 5.74) is -0.773.